The van der Waals surface area contributed by atoms with Crippen molar-refractivity contribution in [2.45, 2.75) is 0 Å². The predicted octanol–water partition coefficient (Wildman–Crippen LogP) is 2.14. The molecule has 1 aromatic carbocycles. The fourth-order valence-electron chi connectivity index (χ4n) is 0.957. The van der Waals surface area contributed by atoms with Crippen molar-refractivity contribution in [2.75, 3.05) is 7.11 Å². The highest BCUT2D eigenvalue weighted by Gasteiger charge is 2.23. The number of methoxy groups -OCH3 is 1. The Bertz CT molecular complexity index is 455. The molecule has 1 rings (SSSR count). The largest absolute Gasteiger partial charge is 0.460 e. The van der Waals surface area contributed by atoms with Gasteiger partial charge < -0.3 is 10.3 Å². The van der Waals surface area contributed by atoms with Crippen molar-refractivity contribution >= 4 is 45.9 Å². The van der Waals surface area contributed by atoms with Gasteiger partial charge in [0.25, 0.3) is 0 Å². The molecule has 0 aliphatic carbocycles. The molecular weight excluding hydrogens is 330 g/mol. The Labute approximate surface area is 105 Å². The van der Waals surface area contributed by atoms with Crippen LogP contribution in [-0.4, -0.2) is 23.6 Å². The van der Waals surface area contributed by atoms with Gasteiger partial charge in [-0.25, -0.2) is 4.79 Å². The maximum absolute atomic E-state index is 11.2. The van der Waals surface area contributed by atoms with Crippen molar-refractivity contribution in [2.24, 2.45) is 0 Å². The summed E-state index contributed by atoms with van der Waals surface area (Å²) in [7, 11) is 1.21. The van der Waals surface area contributed by atoms with Crippen LogP contribution in [0.5, 0.6) is 0 Å². The van der Waals surface area contributed by atoms with E-state index in [9.17, 15) is 4.79 Å². The third kappa shape index (κ3) is 2.77. The fraction of sp³-hybridized carbons (Fsp3) is 0.111. The van der Waals surface area contributed by atoms with Crippen LogP contribution in [-0.2, 0) is 9.53 Å². The average molecular weight is 337 g/mol. The van der Waals surface area contributed by atoms with E-state index >= 15 is 0 Å². The molecule has 0 unspecified atom stereocenters. The van der Waals surface area contributed by atoms with Gasteiger partial charge in [-0.15, -0.1) is 0 Å². The number of nitrogens with zero attached hydrogens (tertiary/aromatic N) is 2. The molecular formula is C9H6ClIN2O2. The molecule has 0 spiro atoms. The second-order valence-electron chi connectivity index (χ2n) is 2.57. The Kier molecular flexibility index (Phi) is 4.26. The van der Waals surface area contributed by atoms with Crippen LogP contribution in [0.2, 0.25) is 5.02 Å². The Hall–Kier alpha value is -0.910. The number of esters is 1. The van der Waals surface area contributed by atoms with Gasteiger partial charge in [0, 0.05) is 3.57 Å². The summed E-state index contributed by atoms with van der Waals surface area (Å²) < 4.78 is 5.30. The molecule has 0 heterocycles. The average Bonchev–Trinajstić information content (AvgIpc) is 2.24. The number of halogens is 2. The normalized spacial score (nSPS) is 9.27. The zero-order valence-electron chi connectivity index (χ0n) is 7.70. The minimum Gasteiger partial charge on any atom is -0.460 e. The van der Waals surface area contributed by atoms with Gasteiger partial charge in [0.1, 0.15) is 0 Å². The lowest BCUT2D eigenvalue weighted by atomic mass is 10.1. The summed E-state index contributed by atoms with van der Waals surface area (Å²) in [6, 6.07) is 4.88. The van der Waals surface area contributed by atoms with E-state index < -0.39 is 5.97 Å². The number of carbonyl (C=O) groups is 1. The van der Waals surface area contributed by atoms with Crippen molar-refractivity contribution < 1.29 is 14.3 Å². The van der Waals surface area contributed by atoms with E-state index in [2.05, 4.69) is 32.1 Å². The van der Waals surface area contributed by atoms with Crippen LogP contribution in [0.25, 0.3) is 5.53 Å². The minimum absolute atomic E-state index is 0.171. The molecule has 78 valence electrons. The van der Waals surface area contributed by atoms with Crippen LogP contribution in [0, 0.1) is 3.57 Å². The molecule has 0 fully saturated rings. The smallest absolute Gasteiger partial charge is 0.422 e. The molecule has 1 aromatic rings. The van der Waals surface area contributed by atoms with Gasteiger partial charge in [0.2, 0.25) is 0 Å². The van der Waals surface area contributed by atoms with Gasteiger partial charge in [-0.1, -0.05) is 11.6 Å². The molecule has 6 heteroatoms. The Morgan fingerprint density at radius 3 is 2.73 bits per heavy atom. The molecule has 0 aliphatic heterocycles. The summed E-state index contributed by atoms with van der Waals surface area (Å²) in [5, 5.41) is 0.484. The third-order valence-electron chi connectivity index (χ3n) is 1.67. The van der Waals surface area contributed by atoms with Gasteiger partial charge in [-0.2, -0.15) is 4.79 Å². The fourth-order valence-corrected chi connectivity index (χ4v) is 1.47. The van der Waals surface area contributed by atoms with Gasteiger partial charge in [0.05, 0.1) is 17.7 Å². The summed E-state index contributed by atoms with van der Waals surface area (Å²) in [5.74, 6) is -0.713. The van der Waals surface area contributed by atoms with Crippen molar-refractivity contribution in [1.82, 2.24) is 0 Å². The van der Waals surface area contributed by atoms with E-state index in [1.54, 1.807) is 12.1 Å². The highest BCUT2D eigenvalue weighted by Crippen LogP contribution is 2.19. The SMILES string of the molecule is COC(=O)C(=[N+]=[N-])c1ccc(I)c(Cl)c1. The number of rotatable bonds is 2. The van der Waals surface area contributed by atoms with Crippen molar-refractivity contribution in [3.8, 4) is 0 Å². The number of hydrogen-bond donors (Lipinski definition) is 0. The highest BCUT2D eigenvalue weighted by molar-refractivity contribution is 14.1. The predicted molar refractivity (Wildman–Crippen MR) is 63.9 cm³/mol. The molecule has 0 N–H and O–H groups in total. The lowest BCUT2D eigenvalue weighted by Crippen LogP contribution is -2.18. The molecule has 0 radical (unpaired) electrons. The summed E-state index contributed by atoms with van der Waals surface area (Å²) in [6.07, 6.45) is 0. The number of carbonyl (C=O) groups excluding carboxylic acids is 1. The lowest BCUT2D eigenvalue weighted by Gasteiger charge is -1.98. The van der Waals surface area contributed by atoms with Crippen LogP contribution >= 0.6 is 34.2 Å². The van der Waals surface area contributed by atoms with Gasteiger partial charge in [0.15, 0.2) is 0 Å². The molecule has 0 saturated carbocycles. The molecule has 0 bridgehead atoms. The molecule has 0 amide bonds. The van der Waals surface area contributed by atoms with E-state index in [4.69, 9.17) is 17.1 Å². The van der Waals surface area contributed by atoms with Crippen LogP contribution in [0.4, 0.5) is 0 Å². The second-order valence-corrected chi connectivity index (χ2v) is 4.14. The van der Waals surface area contributed by atoms with Crippen LogP contribution < -0.4 is 0 Å². The first-order valence-corrected chi connectivity index (χ1v) is 5.31. The van der Waals surface area contributed by atoms with E-state index in [0.717, 1.165) is 3.57 Å². The van der Waals surface area contributed by atoms with Gasteiger partial charge in [-0.3, -0.25) is 0 Å². The zero-order chi connectivity index (χ0) is 11.4. The first-order chi connectivity index (χ1) is 7.10. The number of ether oxygens (including phenoxy) is 1. The summed E-state index contributed by atoms with van der Waals surface area (Å²) in [6.45, 7) is 0. The molecule has 0 saturated heterocycles. The van der Waals surface area contributed by atoms with E-state index in [0.29, 0.717) is 10.6 Å². The monoisotopic (exact) mass is 336 g/mol. The number of hydrogen-bond acceptors (Lipinski definition) is 2. The standard InChI is InChI=1S/C9H6ClIN2O2/c1-15-9(14)8(13-12)5-2-3-7(11)6(10)4-5/h2-4H,1H3. The van der Waals surface area contributed by atoms with Crippen LogP contribution in [0.1, 0.15) is 5.56 Å². The first-order valence-electron chi connectivity index (χ1n) is 3.86. The first kappa shape index (κ1) is 12.2. The number of benzene rings is 1. The maximum atomic E-state index is 11.2. The molecule has 0 aromatic heterocycles. The van der Waals surface area contributed by atoms with Crippen molar-refractivity contribution in [3.05, 3.63) is 37.9 Å². The zero-order valence-corrected chi connectivity index (χ0v) is 10.6. The molecule has 15 heavy (non-hydrogen) atoms. The quantitative estimate of drug-likeness (QED) is 0.273. The Balaban J connectivity index is 3.21. The summed E-state index contributed by atoms with van der Waals surface area (Å²) >= 11 is 7.92. The summed E-state index contributed by atoms with van der Waals surface area (Å²) in [5.41, 5.74) is 8.92. The molecule has 0 atom stereocenters. The van der Waals surface area contributed by atoms with Crippen molar-refractivity contribution in [1.29, 1.82) is 0 Å². The van der Waals surface area contributed by atoms with E-state index in [1.165, 1.54) is 13.2 Å². The van der Waals surface area contributed by atoms with Crippen LogP contribution in [0.15, 0.2) is 18.2 Å². The van der Waals surface area contributed by atoms with E-state index in [1.807, 2.05) is 0 Å². The van der Waals surface area contributed by atoms with Crippen LogP contribution in [0.3, 0.4) is 0 Å². The van der Waals surface area contributed by atoms with E-state index in [-0.39, 0.29) is 5.71 Å². The Morgan fingerprint density at radius 1 is 1.60 bits per heavy atom. The third-order valence-corrected chi connectivity index (χ3v) is 3.24. The second kappa shape index (κ2) is 5.25. The molecule has 4 nitrogen and oxygen atoms in total. The topological polar surface area (TPSA) is 62.7 Å². The summed E-state index contributed by atoms with van der Waals surface area (Å²) in [4.78, 5) is 14.1. The van der Waals surface area contributed by atoms with Gasteiger partial charge in [-0.05, 0) is 40.8 Å². The molecule has 0 aliphatic rings. The maximum Gasteiger partial charge on any atom is 0.422 e. The minimum atomic E-state index is -0.713. The van der Waals surface area contributed by atoms with Crippen molar-refractivity contribution in [3.63, 3.8) is 0 Å². The highest BCUT2D eigenvalue weighted by atomic mass is 127. The lowest BCUT2D eigenvalue weighted by molar-refractivity contribution is -0.137. The Morgan fingerprint density at radius 2 is 2.27 bits per heavy atom. The van der Waals surface area contributed by atoms with Gasteiger partial charge >= 0.3 is 11.7 Å².